The van der Waals surface area contributed by atoms with Gasteiger partial charge in [0.25, 0.3) is 10.0 Å². The number of rotatable bonds is 13. The molecule has 3 aromatic rings. The molecule has 41 heavy (non-hydrogen) atoms. The Morgan fingerprint density at radius 2 is 1.56 bits per heavy atom. The van der Waals surface area contributed by atoms with Crippen LogP contribution in [0.25, 0.3) is 0 Å². The molecule has 2 amide bonds. The van der Waals surface area contributed by atoms with E-state index >= 15 is 0 Å². The van der Waals surface area contributed by atoms with E-state index in [0.717, 1.165) is 39.4 Å². The number of carbonyl (C=O) groups is 2. The first-order valence-corrected chi connectivity index (χ1v) is 15.8. The minimum Gasteiger partial charge on any atom is -0.354 e. The Bertz CT molecular complexity index is 1440. The maximum atomic E-state index is 14.1. The first-order valence-electron chi connectivity index (χ1n) is 14.0. The summed E-state index contributed by atoms with van der Waals surface area (Å²) in [5.74, 6) is -0.724. The quantitative estimate of drug-likeness (QED) is 0.238. The molecule has 0 spiro atoms. The van der Waals surface area contributed by atoms with Crippen LogP contribution < -0.4 is 9.62 Å². The van der Waals surface area contributed by atoms with Crippen molar-refractivity contribution < 1.29 is 18.0 Å². The summed E-state index contributed by atoms with van der Waals surface area (Å²) in [6, 6.07) is 18.1. The molecule has 0 aliphatic heterocycles. The molecule has 0 fully saturated rings. The van der Waals surface area contributed by atoms with Gasteiger partial charge in [0.1, 0.15) is 12.6 Å². The van der Waals surface area contributed by atoms with Crippen LogP contribution in [0.2, 0.25) is 5.02 Å². The van der Waals surface area contributed by atoms with Crippen LogP contribution in [0.15, 0.2) is 71.6 Å². The van der Waals surface area contributed by atoms with Crippen LogP contribution >= 0.6 is 11.6 Å². The zero-order chi connectivity index (χ0) is 30.2. The summed E-state index contributed by atoms with van der Waals surface area (Å²) < 4.78 is 29.1. The summed E-state index contributed by atoms with van der Waals surface area (Å²) in [5.41, 5.74) is 4.18. The van der Waals surface area contributed by atoms with E-state index in [9.17, 15) is 18.0 Å². The summed E-state index contributed by atoms with van der Waals surface area (Å²) >= 11 is 6.03. The second-order valence-electron chi connectivity index (χ2n) is 10.3. The van der Waals surface area contributed by atoms with Crippen LogP contribution in [-0.4, -0.2) is 44.3 Å². The lowest BCUT2D eigenvalue weighted by Crippen LogP contribution is -2.52. The Labute approximate surface area is 249 Å². The summed E-state index contributed by atoms with van der Waals surface area (Å²) in [6.07, 6.45) is 2.13. The highest BCUT2D eigenvalue weighted by molar-refractivity contribution is 7.92. The van der Waals surface area contributed by atoms with E-state index in [1.165, 1.54) is 29.2 Å². The molecule has 9 heteroatoms. The van der Waals surface area contributed by atoms with Gasteiger partial charge in [-0.3, -0.25) is 13.9 Å². The topological polar surface area (TPSA) is 86.8 Å². The molecule has 3 aromatic carbocycles. The minimum atomic E-state index is -4.15. The van der Waals surface area contributed by atoms with Crippen LogP contribution in [0.3, 0.4) is 0 Å². The fraction of sp³-hybridized carbons (Fsp3) is 0.375. The highest BCUT2D eigenvalue weighted by atomic mass is 35.5. The number of halogens is 1. The van der Waals surface area contributed by atoms with Gasteiger partial charge in [0, 0.05) is 18.1 Å². The summed E-state index contributed by atoms with van der Waals surface area (Å²) in [5, 5.41) is 3.35. The molecule has 0 aliphatic carbocycles. The van der Waals surface area contributed by atoms with Crippen molar-refractivity contribution in [1.82, 2.24) is 10.2 Å². The van der Waals surface area contributed by atoms with Gasteiger partial charge in [0.05, 0.1) is 10.6 Å². The molecule has 3 rings (SSSR count). The number of aryl methyl sites for hydroxylation is 3. The van der Waals surface area contributed by atoms with Crippen molar-refractivity contribution in [3.05, 3.63) is 94.0 Å². The largest absolute Gasteiger partial charge is 0.354 e. The first kappa shape index (κ1) is 32.2. The molecule has 1 N–H and O–H groups in total. The number of hydrogen-bond acceptors (Lipinski definition) is 4. The molecular weight excluding hydrogens is 558 g/mol. The second-order valence-corrected chi connectivity index (χ2v) is 12.6. The van der Waals surface area contributed by atoms with E-state index in [4.69, 9.17) is 11.6 Å². The molecule has 1 atom stereocenters. The monoisotopic (exact) mass is 597 g/mol. The van der Waals surface area contributed by atoms with E-state index in [-0.39, 0.29) is 17.3 Å². The number of unbranched alkanes of at least 4 members (excludes halogenated alkanes) is 1. The summed E-state index contributed by atoms with van der Waals surface area (Å²) in [4.78, 5) is 28.9. The molecule has 0 aliphatic rings. The number of hydrogen-bond donors (Lipinski definition) is 1. The van der Waals surface area contributed by atoms with Crippen molar-refractivity contribution in [2.45, 2.75) is 71.4 Å². The standard InChI is InChI=1S/C32H40ClN3O4S/c1-6-8-19-34-32(38)30(7-2)35(21-26-12-9-23(3)10-13-26)31(37)22-36(28-16-11-24(4)25(5)20-28)41(39,40)29-17-14-27(33)15-18-29/h9-18,20,30H,6-8,19,21-22H2,1-5H3,(H,34,38). The maximum absolute atomic E-state index is 14.1. The van der Waals surface area contributed by atoms with Gasteiger partial charge in [0.15, 0.2) is 0 Å². The average Bonchev–Trinajstić information content (AvgIpc) is 2.94. The molecule has 1 unspecified atom stereocenters. The van der Waals surface area contributed by atoms with Gasteiger partial charge in [-0.05, 0) is 86.7 Å². The van der Waals surface area contributed by atoms with Crippen LogP contribution in [0.1, 0.15) is 55.4 Å². The van der Waals surface area contributed by atoms with E-state index in [1.54, 1.807) is 12.1 Å². The lowest BCUT2D eigenvalue weighted by Gasteiger charge is -2.33. The third-order valence-electron chi connectivity index (χ3n) is 7.15. The SMILES string of the molecule is CCCCNC(=O)C(CC)N(Cc1ccc(C)cc1)C(=O)CN(c1ccc(C)c(C)c1)S(=O)(=O)c1ccc(Cl)cc1. The molecule has 0 saturated heterocycles. The van der Waals surface area contributed by atoms with Gasteiger partial charge < -0.3 is 10.2 Å². The number of amides is 2. The maximum Gasteiger partial charge on any atom is 0.264 e. The Morgan fingerprint density at radius 1 is 0.902 bits per heavy atom. The molecule has 0 saturated carbocycles. The zero-order valence-corrected chi connectivity index (χ0v) is 26.1. The Morgan fingerprint density at radius 3 is 2.15 bits per heavy atom. The highest BCUT2D eigenvalue weighted by Crippen LogP contribution is 2.27. The number of nitrogens with zero attached hydrogens (tertiary/aromatic N) is 2. The van der Waals surface area contributed by atoms with Gasteiger partial charge in [-0.1, -0.05) is 67.8 Å². The first-order chi connectivity index (χ1) is 19.5. The lowest BCUT2D eigenvalue weighted by molar-refractivity contribution is -0.140. The van der Waals surface area contributed by atoms with Gasteiger partial charge in [-0.15, -0.1) is 0 Å². The number of sulfonamides is 1. The van der Waals surface area contributed by atoms with Crippen molar-refractivity contribution in [3.63, 3.8) is 0 Å². The number of anilines is 1. The van der Waals surface area contributed by atoms with E-state index in [0.29, 0.717) is 23.7 Å². The van der Waals surface area contributed by atoms with Crippen LogP contribution in [-0.2, 0) is 26.2 Å². The predicted octanol–water partition coefficient (Wildman–Crippen LogP) is 6.18. The van der Waals surface area contributed by atoms with Gasteiger partial charge in [-0.25, -0.2) is 8.42 Å². The Balaban J connectivity index is 2.05. The smallest absolute Gasteiger partial charge is 0.264 e. The van der Waals surface area contributed by atoms with Crippen LogP contribution in [0.5, 0.6) is 0 Å². The second kappa shape index (κ2) is 14.5. The highest BCUT2D eigenvalue weighted by Gasteiger charge is 2.33. The Hall–Kier alpha value is -3.36. The number of carbonyl (C=O) groups excluding carboxylic acids is 2. The molecule has 0 radical (unpaired) electrons. The average molecular weight is 598 g/mol. The molecule has 7 nitrogen and oxygen atoms in total. The number of nitrogens with one attached hydrogen (secondary N) is 1. The van der Waals surface area contributed by atoms with Crippen molar-refractivity contribution >= 4 is 39.1 Å². The van der Waals surface area contributed by atoms with Crippen molar-refractivity contribution in [3.8, 4) is 0 Å². The molecular formula is C32H40ClN3O4S. The van der Waals surface area contributed by atoms with Gasteiger partial charge in [-0.2, -0.15) is 0 Å². The fourth-order valence-corrected chi connectivity index (χ4v) is 5.99. The fourth-order valence-electron chi connectivity index (χ4n) is 4.46. The third kappa shape index (κ3) is 8.33. The molecule has 220 valence electrons. The van der Waals surface area contributed by atoms with Crippen molar-refractivity contribution in [1.29, 1.82) is 0 Å². The van der Waals surface area contributed by atoms with Gasteiger partial charge in [0.2, 0.25) is 11.8 Å². The molecule has 0 bridgehead atoms. The third-order valence-corrected chi connectivity index (χ3v) is 9.19. The van der Waals surface area contributed by atoms with Crippen molar-refractivity contribution in [2.24, 2.45) is 0 Å². The summed E-state index contributed by atoms with van der Waals surface area (Å²) in [6.45, 7) is 9.91. The van der Waals surface area contributed by atoms with E-state index in [2.05, 4.69) is 5.32 Å². The normalized spacial score (nSPS) is 12.0. The lowest BCUT2D eigenvalue weighted by atomic mass is 10.1. The van der Waals surface area contributed by atoms with Crippen LogP contribution in [0.4, 0.5) is 5.69 Å². The molecule has 0 aromatic heterocycles. The van der Waals surface area contributed by atoms with Crippen LogP contribution in [0, 0.1) is 20.8 Å². The Kier molecular flexibility index (Phi) is 11.4. The number of benzene rings is 3. The summed E-state index contributed by atoms with van der Waals surface area (Å²) in [7, 11) is -4.15. The van der Waals surface area contributed by atoms with Crippen molar-refractivity contribution in [2.75, 3.05) is 17.4 Å². The van der Waals surface area contributed by atoms with E-state index in [1.807, 2.05) is 65.0 Å². The zero-order valence-electron chi connectivity index (χ0n) is 24.5. The minimum absolute atomic E-state index is 0.0161. The molecule has 0 heterocycles. The predicted molar refractivity (Wildman–Crippen MR) is 166 cm³/mol. The van der Waals surface area contributed by atoms with Gasteiger partial charge >= 0.3 is 0 Å². The van der Waals surface area contributed by atoms with E-state index < -0.39 is 28.5 Å².